The molecule has 0 aliphatic rings. The van der Waals surface area contributed by atoms with Gasteiger partial charge in [0.25, 0.3) is 0 Å². The van der Waals surface area contributed by atoms with Gasteiger partial charge in [0.05, 0.1) is 6.54 Å². The van der Waals surface area contributed by atoms with Crippen molar-refractivity contribution in [2.75, 3.05) is 4.43 Å². The Bertz CT molecular complexity index is 831. The second kappa shape index (κ2) is 8.83. The number of para-hydroxylation sites is 2. The first kappa shape index (κ1) is 17.0. The van der Waals surface area contributed by atoms with Gasteiger partial charge in [0.1, 0.15) is 6.54 Å². The first-order valence-corrected chi connectivity index (χ1v) is 9.80. The van der Waals surface area contributed by atoms with Crippen LogP contribution in [-0.2, 0) is 13.1 Å². The van der Waals surface area contributed by atoms with Gasteiger partial charge in [-0.05, 0) is 17.7 Å². The van der Waals surface area contributed by atoms with Crippen LogP contribution in [-0.4, -0.2) is 8.99 Å². The number of aromatic nitrogens is 2. The van der Waals surface area contributed by atoms with Crippen molar-refractivity contribution in [3.63, 3.8) is 0 Å². The lowest BCUT2D eigenvalue weighted by Gasteiger charge is -1.97. The van der Waals surface area contributed by atoms with Gasteiger partial charge in [0.15, 0.2) is 11.0 Å². The van der Waals surface area contributed by atoms with Crippen LogP contribution in [0.5, 0.6) is 0 Å². The monoisotopic (exact) mass is 429 g/mol. The predicted octanol–water partition coefficient (Wildman–Crippen LogP) is 4.91. The maximum absolute atomic E-state index is 2.35. The Morgan fingerprint density at radius 3 is 2.50 bits per heavy atom. The molecule has 1 heterocycles. The van der Waals surface area contributed by atoms with E-state index in [-0.39, 0.29) is 0 Å². The van der Waals surface area contributed by atoms with E-state index in [1.54, 1.807) is 0 Å². The summed E-state index contributed by atoms with van der Waals surface area (Å²) in [7, 11) is 0. The van der Waals surface area contributed by atoms with E-state index in [4.69, 9.17) is 0 Å². The molecule has 0 fully saturated rings. The zero-order valence-corrected chi connectivity index (χ0v) is 15.8. The standard InChI is InChI=1S/C21H22IN2/c22-15-9-2-1-3-10-16-23-18-24(17-19-11-5-4-6-12-19)21-14-8-7-13-20(21)23/h1-9,11-14,18H,10,15-17H2/q+1/b3-1-,9-2-. The molecule has 0 unspecified atom stereocenters. The number of hydrogen-bond acceptors (Lipinski definition) is 0. The number of alkyl halides is 1. The Morgan fingerprint density at radius 1 is 0.917 bits per heavy atom. The number of hydrogen-bond donors (Lipinski definition) is 0. The van der Waals surface area contributed by atoms with Crippen LogP contribution in [0.2, 0.25) is 0 Å². The molecule has 0 saturated heterocycles. The van der Waals surface area contributed by atoms with Crippen LogP contribution < -0.4 is 4.57 Å². The summed E-state index contributed by atoms with van der Waals surface area (Å²) in [5, 5.41) is 0. The summed E-state index contributed by atoms with van der Waals surface area (Å²) < 4.78 is 5.75. The van der Waals surface area contributed by atoms with E-state index in [0.717, 1.165) is 23.9 Å². The predicted molar refractivity (Wildman–Crippen MR) is 109 cm³/mol. The lowest BCUT2D eigenvalue weighted by Crippen LogP contribution is -2.32. The van der Waals surface area contributed by atoms with Gasteiger partial charge in [-0.15, -0.1) is 0 Å². The highest BCUT2D eigenvalue weighted by atomic mass is 127. The third-order valence-corrected chi connectivity index (χ3v) is 4.49. The van der Waals surface area contributed by atoms with E-state index >= 15 is 0 Å². The number of rotatable bonds is 7. The lowest BCUT2D eigenvalue weighted by molar-refractivity contribution is -0.663. The van der Waals surface area contributed by atoms with Gasteiger partial charge in [-0.25, -0.2) is 9.13 Å². The minimum absolute atomic E-state index is 0.905. The third kappa shape index (κ3) is 4.35. The summed E-state index contributed by atoms with van der Waals surface area (Å²) in [6.07, 6.45) is 11.9. The second-order valence-electron chi connectivity index (χ2n) is 5.71. The number of halogens is 1. The molecule has 0 atom stereocenters. The van der Waals surface area contributed by atoms with Crippen LogP contribution in [0.3, 0.4) is 0 Å². The summed E-state index contributed by atoms with van der Waals surface area (Å²) in [6.45, 7) is 1.90. The summed E-state index contributed by atoms with van der Waals surface area (Å²) >= 11 is 2.35. The number of benzene rings is 2. The van der Waals surface area contributed by atoms with Crippen LogP contribution in [0.1, 0.15) is 12.0 Å². The van der Waals surface area contributed by atoms with Crippen molar-refractivity contribution in [3.05, 3.63) is 90.8 Å². The Labute approximate surface area is 157 Å². The van der Waals surface area contributed by atoms with Gasteiger partial charge in [0.2, 0.25) is 6.33 Å². The summed E-state index contributed by atoms with van der Waals surface area (Å²) in [5.74, 6) is 0. The first-order valence-electron chi connectivity index (χ1n) is 8.27. The molecule has 122 valence electrons. The molecule has 2 aromatic carbocycles. The molecule has 24 heavy (non-hydrogen) atoms. The molecule has 0 amide bonds. The average Bonchev–Trinajstić information content (AvgIpc) is 2.97. The molecule has 3 heteroatoms. The Morgan fingerprint density at radius 2 is 1.67 bits per heavy atom. The SMILES string of the molecule is IC/C=C\C=C/CCn1c[n+](Cc2ccccc2)c2ccccc21. The summed E-state index contributed by atoms with van der Waals surface area (Å²) in [4.78, 5) is 0. The molecule has 3 aromatic rings. The van der Waals surface area contributed by atoms with Gasteiger partial charge in [-0.2, -0.15) is 0 Å². The zero-order chi connectivity index (χ0) is 16.6. The number of fused-ring (bicyclic) bond motifs is 1. The first-order chi connectivity index (χ1) is 11.9. The highest BCUT2D eigenvalue weighted by molar-refractivity contribution is 14.1. The molecule has 0 radical (unpaired) electrons. The van der Waals surface area contributed by atoms with Crippen molar-refractivity contribution in [1.29, 1.82) is 0 Å². The molecule has 3 rings (SSSR count). The van der Waals surface area contributed by atoms with E-state index in [0.29, 0.717) is 0 Å². The van der Waals surface area contributed by atoms with Crippen molar-refractivity contribution < 1.29 is 4.57 Å². The minimum Gasteiger partial charge on any atom is -0.230 e. The van der Waals surface area contributed by atoms with Gasteiger partial charge >= 0.3 is 0 Å². The number of allylic oxidation sites excluding steroid dienone is 4. The van der Waals surface area contributed by atoms with Crippen molar-refractivity contribution in [2.24, 2.45) is 0 Å². The van der Waals surface area contributed by atoms with Gasteiger partial charge in [0, 0.05) is 10.8 Å². The second-order valence-corrected chi connectivity index (χ2v) is 6.59. The van der Waals surface area contributed by atoms with Crippen LogP contribution in [0, 0.1) is 0 Å². The smallest absolute Gasteiger partial charge is 0.230 e. The van der Waals surface area contributed by atoms with Gasteiger partial charge in [-0.3, -0.25) is 0 Å². The Kier molecular flexibility index (Phi) is 6.24. The molecule has 2 nitrogen and oxygen atoms in total. The Balaban J connectivity index is 1.79. The molecule has 0 bridgehead atoms. The molecule has 0 N–H and O–H groups in total. The molecular formula is C21H22IN2+. The van der Waals surface area contributed by atoms with Crippen LogP contribution in [0.25, 0.3) is 11.0 Å². The topological polar surface area (TPSA) is 8.81 Å². The zero-order valence-electron chi connectivity index (χ0n) is 13.7. The van der Waals surface area contributed by atoms with Crippen LogP contribution in [0.15, 0.2) is 85.2 Å². The molecule has 0 saturated carbocycles. The summed E-state index contributed by atoms with van der Waals surface area (Å²) in [5.41, 5.74) is 3.91. The van der Waals surface area contributed by atoms with E-state index in [1.165, 1.54) is 16.6 Å². The largest absolute Gasteiger partial charge is 0.245 e. The van der Waals surface area contributed by atoms with Crippen molar-refractivity contribution in [2.45, 2.75) is 19.5 Å². The van der Waals surface area contributed by atoms with Gasteiger partial charge < -0.3 is 0 Å². The highest BCUT2D eigenvalue weighted by Gasteiger charge is 2.14. The van der Waals surface area contributed by atoms with Crippen molar-refractivity contribution in [3.8, 4) is 0 Å². The molecule has 0 aliphatic carbocycles. The van der Waals surface area contributed by atoms with Gasteiger partial charge in [-0.1, -0.05) is 89.4 Å². The molecule has 1 aromatic heterocycles. The highest BCUT2D eigenvalue weighted by Crippen LogP contribution is 2.12. The van der Waals surface area contributed by atoms with E-state index in [2.05, 4.69) is 117 Å². The fraction of sp³-hybridized carbons (Fsp3) is 0.190. The summed E-state index contributed by atoms with van der Waals surface area (Å²) in [6, 6.07) is 19.3. The quantitative estimate of drug-likeness (QED) is 0.218. The van der Waals surface area contributed by atoms with E-state index in [9.17, 15) is 0 Å². The maximum Gasteiger partial charge on any atom is 0.245 e. The fourth-order valence-electron chi connectivity index (χ4n) is 2.85. The minimum atomic E-state index is 0.905. The number of aryl methyl sites for hydroxylation is 1. The number of imidazole rings is 1. The van der Waals surface area contributed by atoms with Crippen LogP contribution >= 0.6 is 22.6 Å². The normalized spacial score (nSPS) is 11.9. The van der Waals surface area contributed by atoms with E-state index < -0.39 is 0 Å². The van der Waals surface area contributed by atoms with Crippen LogP contribution in [0.4, 0.5) is 0 Å². The molecule has 0 spiro atoms. The fourth-order valence-corrected chi connectivity index (χ4v) is 3.14. The van der Waals surface area contributed by atoms with E-state index in [1.807, 2.05) is 0 Å². The third-order valence-electron chi connectivity index (χ3n) is 3.98. The lowest BCUT2D eigenvalue weighted by atomic mass is 10.2. The van der Waals surface area contributed by atoms with Crippen molar-refractivity contribution in [1.82, 2.24) is 4.57 Å². The maximum atomic E-state index is 2.35. The number of nitrogens with zero attached hydrogens (tertiary/aromatic N) is 2. The average molecular weight is 429 g/mol. The molecule has 0 aliphatic heterocycles. The molecular weight excluding hydrogens is 407 g/mol. The Hall–Kier alpha value is -1.88. The van der Waals surface area contributed by atoms with Crippen molar-refractivity contribution >= 4 is 33.6 Å².